The van der Waals surface area contributed by atoms with E-state index in [0.717, 1.165) is 0 Å². The van der Waals surface area contributed by atoms with E-state index in [1.165, 1.54) is 22.6 Å². The van der Waals surface area contributed by atoms with Crippen LogP contribution < -0.4 is 4.72 Å². The number of hydrogen-bond donors (Lipinski definition) is 2. The third-order valence-corrected chi connectivity index (χ3v) is 4.06. The van der Waals surface area contributed by atoms with Crippen LogP contribution in [-0.2, 0) is 14.9 Å². The molecule has 0 spiro atoms. The predicted molar refractivity (Wildman–Crippen MR) is 66.1 cm³/mol. The summed E-state index contributed by atoms with van der Waals surface area (Å²) in [6, 6.07) is 2.45. The first-order valence-corrected chi connectivity index (χ1v) is 6.98. The lowest BCUT2D eigenvalue weighted by Crippen LogP contribution is -2.43. The van der Waals surface area contributed by atoms with E-state index in [9.17, 15) is 13.2 Å². The van der Waals surface area contributed by atoms with Crippen LogP contribution in [0.15, 0.2) is 18.3 Å². The van der Waals surface area contributed by atoms with E-state index in [1.807, 2.05) is 0 Å². The fourth-order valence-corrected chi connectivity index (χ4v) is 2.74. The number of carbonyl (C=O) groups is 1. The quantitative estimate of drug-likeness (QED) is 0.791. The molecule has 0 aliphatic carbocycles. The number of ether oxygens (including phenoxy) is 1. The molecule has 1 fully saturated rings. The van der Waals surface area contributed by atoms with Crippen molar-refractivity contribution in [3.05, 3.63) is 23.9 Å². The van der Waals surface area contributed by atoms with Gasteiger partial charge >= 0.3 is 16.2 Å². The second-order valence-corrected chi connectivity index (χ2v) is 5.52. The summed E-state index contributed by atoms with van der Waals surface area (Å²) in [5.74, 6) is -1.17. The summed E-state index contributed by atoms with van der Waals surface area (Å²) in [5, 5.41) is 8.82. The first-order chi connectivity index (χ1) is 8.99. The van der Waals surface area contributed by atoms with Crippen molar-refractivity contribution >= 4 is 22.0 Å². The molecule has 0 atom stereocenters. The molecule has 1 aliphatic heterocycles. The number of rotatable bonds is 4. The number of nitrogens with one attached hydrogen (secondary N) is 1. The molecule has 0 unspecified atom stereocenters. The number of aromatic nitrogens is 1. The Bertz CT molecular complexity index is 568. The van der Waals surface area contributed by atoms with Gasteiger partial charge in [-0.15, -0.1) is 0 Å². The number of nitrogens with zero attached hydrogens (tertiary/aromatic N) is 2. The zero-order valence-corrected chi connectivity index (χ0v) is 10.8. The van der Waals surface area contributed by atoms with Crippen molar-refractivity contribution in [1.82, 2.24) is 9.29 Å². The molecule has 1 aliphatic rings. The van der Waals surface area contributed by atoms with Gasteiger partial charge in [-0.05, 0) is 12.1 Å². The summed E-state index contributed by atoms with van der Waals surface area (Å²) in [4.78, 5) is 14.6. The lowest BCUT2D eigenvalue weighted by atomic mass is 10.3. The Kier molecular flexibility index (Phi) is 3.98. The van der Waals surface area contributed by atoms with Gasteiger partial charge in [-0.2, -0.15) is 12.7 Å². The van der Waals surface area contributed by atoms with Gasteiger partial charge in [-0.1, -0.05) is 0 Å². The van der Waals surface area contributed by atoms with Crippen LogP contribution in [0, 0.1) is 0 Å². The summed E-state index contributed by atoms with van der Waals surface area (Å²) in [7, 11) is -3.73. The van der Waals surface area contributed by atoms with E-state index in [0.29, 0.717) is 13.2 Å². The van der Waals surface area contributed by atoms with Gasteiger partial charge in [0.15, 0.2) is 0 Å². The van der Waals surface area contributed by atoms with Crippen molar-refractivity contribution in [3.63, 3.8) is 0 Å². The average molecular weight is 287 g/mol. The van der Waals surface area contributed by atoms with Crippen molar-refractivity contribution < 1.29 is 23.1 Å². The molecule has 9 heteroatoms. The number of carboxylic acid groups (broad SMARTS) is 1. The zero-order chi connectivity index (χ0) is 13.9. The van der Waals surface area contributed by atoms with E-state index < -0.39 is 16.2 Å². The van der Waals surface area contributed by atoms with Crippen molar-refractivity contribution in [2.45, 2.75) is 0 Å². The third kappa shape index (κ3) is 3.40. The summed E-state index contributed by atoms with van der Waals surface area (Å²) in [6.07, 6.45) is 1.24. The van der Waals surface area contributed by atoms with E-state index in [1.54, 1.807) is 0 Å². The normalized spacial score (nSPS) is 17.1. The number of carboxylic acids is 1. The van der Waals surface area contributed by atoms with Crippen LogP contribution >= 0.6 is 0 Å². The van der Waals surface area contributed by atoms with Gasteiger partial charge in [0.2, 0.25) is 0 Å². The van der Waals surface area contributed by atoms with E-state index in [-0.39, 0.29) is 24.5 Å². The molecule has 2 heterocycles. The lowest BCUT2D eigenvalue weighted by Gasteiger charge is -2.26. The van der Waals surface area contributed by atoms with Crippen molar-refractivity contribution in [3.8, 4) is 0 Å². The number of aromatic carboxylic acids is 1. The molecule has 0 aromatic carbocycles. The van der Waals surface area contributed by atoms with Gasteiger partial charge in [0.05, 0.1) is 18.8 Å². The fraction of sp³-hybridized carbons (Fsp3) is 0.400. The Morgan fingerprint density at radius 2 is 2.11 bits per heavy atom. The monoisotopic (exact) mass is 287 g/mol. The molecule has 0 radical (unpaired) electrons. The van der Waals surface area contributed by atoms with Gasteiger partial charge in [-0.25, -0.2) is 9.78 Å². The van der Waals surface area contributed by atoms with Crippen LogP contribution in [-0.4, -0.2) is 55.1 Å². The van der Waals surface area contributed by atoms with Gasteiger partial charge in [0, 0.05) is 19.3 Å². The van der Waals surface area contributed by atoms with Crippen LogP contribution in [0.5, 0.6) is 0 Å². The number of pyridine rings is 1. The molecular formula is C10H13N3O5S. The van der Waals surface area contributed by atoms with Gasteiger partial charge in [-0.3, -0.25) is 4.72 Å². The standard InChI is InChI=1S/C10H13N3O5S/c14-10(15)8-1-2-11-9(7-8)12-19(16,17)13-3-5-18-6-4-13/h1-2,7H,3-6H2,(H,11,12)(H,14,15). The maximum absolute atomic E-state index is 12.0. The maximum Gasteiger partial charge on any atom is 0.335 e. The van der Waals surface area contributed by atoms with Gasteiger partial charge in [0.25, 0.3) is 0 Å². The molecule has 0 amide bonds. The first-order valence-electron chi connectivity index (χ1n) is 5.54. The Hall–Kier alpha value is -1.71. The number of anilines is 1. The van der Waals surface area contributed by atoms with E-state index in [2.05, 4.69) is 9.71 Å². The lowest BCUT2D eigenvalue weighted by molar-refractivity contribution is 0.0697. The molecule has 1 aromatic heterocycles. The second-order valence-electron chi connectivity index (χ2n) is 3.85. The van der Waals surface area contributed by atoms with Crippen LogP contribution in [0.2, 0.25) is 0 Å². The predicted octanol–water partition coefficient (Wildman–Crippen LogP) is -0.231. The largest absolute Gasteiger partial charge is 0.478 e. The SMILES string of the molecule is O=C(O)c1ccnc(NS(=O)(=O)N2CCOCC2)c1. The molecule has 0 bridgehead atoms. The highest BCUT2D eigenvalue weighted by Gasteiger charge is 2.24. The highest BCUT2D eigenvalue weighted by molar-refractivity contribution is 7.90. The van der Waals surface area contributed by atoms with Crippen molar-refractivity contribution in [2.75, 3.05) is 31.0 Å². The fourth-order valence-electron chi connectivity index (χ4n) is 1.60. The van der Waals surface area contributed by atoms with Crippen LogP contribution in [0.3, 0.4) is 0 Å². The Labute approximate surface area is 110 Å². The highest BCUT2D eigenvalue weighted by atomic mass is 32.2. The average Bonchev–Trinajstić information content (AvgIpc) is 2.39. The van der Waals surface area contributed by atoms with Crippen molar-refractivity contribution in [1.29, 1.82) is 0 Å². The highest BCUT2D eigenvalue weighted by Crippen LogP contribution is 2.12. The summed E-state index contributed by atoms with van der Waals surface area (Å²) in [6.45, 7) is 1.19. The summed E-state index contributed by atoms with van der Waals surface area (Å²) >= 11 is 0. The third-order valence-electron chi connectivity index (χ3n) is 2.55. The molecule has 1 aromatic rings. The Morgan fingerprint density at radius 3 is 2.74 bits per heavy atom. The van der Waals surface area contributed by atoms with Gasteiger partial charge < -0.3 is 9.84 Å². The molecule has 0 saturated carbocycles. The number of hydrogen-bond acceptors (Lipinski definition) is 5. The maximum atomic E-state index is 12.0. The molecule has 104 valence electrons. The van der Waals surface area contributed by atoms with Crippen LogP contribution in [0.1, 0.15) is 10.4 Å². The second kappa shape index (κ2) is 5.51. The minimum atomic E-state index is -3.73. The zero-order valence-electron chi connectivity index (χ0n) is 9.94. The van der Waals surface area contributed by atoms with Crippen molar-refractivity contribution in [2.24, 2.45) is 0 Å². The summed E-state index contributed by atoms with van der Waals surface area (Å²) in [5.41, 5.74) is -0.0327. The molecule has 2 rings (SSSR count). The smallest absolute Gasteiger partial charge is 0.335 e. The Morgan fingerprint density at radius 1 is 1.42 bits per heavy atom. The van der Waals surface area contributed by atoms with E-state index >= 15 is 0 Å². The molecule has 8 nitrogen and oxygen atoms in total. The Balaban J connectivity index is 2.15. The van der Waals surface area contributed by atoms with E-state index in [4.69, 9.17) is 9.84 Å². The minimum absolute atomic E-state index is 0.0219. The van der Waals surface area contributed by atoms with Gasteiger partial charge in [0.1, 0.15) is 5.82 Å². The molecule has 1 saturated heterocycles. The molecule has 19 heavy (non-hydrogen) atoms. The molecular weight excluding hydrogens is 274 g/mol. The minimum Gasteiger partial charge on any atom is -0.478 e. The van der Waals surface area contributed by atoms with Crippen LogP contribution in [0.4, 0.5) is 5.82 Å². The number of morpholine rings is 1. The first kappa shape index (κ1) is 13.7. The summed E-state index contributed by atoms with van der Waals surface area (Å²) < 4.78 is 32.6. The molecule has 2 N–H and O–H groups in total. The topological polar surface area (TPSA) is 109 Å². The van der Waals surface area contributed by atoms with Crippen LogP contribution in [0.25, 0.3) is 0 Å².